The predicted molar refractivity (Wildman–Crippen MR) is 89.9 cm³/mol. The van der Waals surface area contributed by atoms with E-state index in [1.807, 2.05) is 0 Å². The normalized spacial score (nSPS) is 15.7. The van der Waals surface area contributed by atoms with Crippen LogP contribution in [0.3, 0.4) is 0 Å². The molecule has 6 nitrogen and oxygen atoms in total. The molecule has 27 heavy (non-hydrogen) atoms. The van der Waals surface area contributed by atoms with Gasteiger partial charge in [-0.15, -0.1) is 0 Å². The molecule has 2 aromatic rings. The second-order valence-corrected chi connectivity index (χ2v) is 5.74. The van der Waals surface area contributed by atoms with E-state index in [1.54, 1.807) is 31.3 Å². The SMILES string of the molecule is Cc1cc(C2=N/C(=C/c3cccc(NC(=O)C(F)(F)F)c3)C(=O)O2)c(C)o1. The number of carbonyl (C=O) groups is 2. The molecular formula is C18H13F3N2O4. The molecule has 1 aliphatic heterocycles. The average Bonchev–Trinajstić information content (AvgIpc) is 3.09. The summed E-state index contributed by atoms with van der Waals surface area (Å²) in [5.74, 6) is -1.53. The molecule has 0 atom stereocenters. The number of hydrogen-bond acceptors (Lipinski definition) is 5. The number of esters is 1. The summed E-state index contributed by atoms with van der Waals surface area (Å²) < 4.78 is 47.5. The van der Waals surface area contributed by atoms with Crippen LogP contribution in [-0.2, 0) is 14.3 Å². The van der Waals surface area contributed by atoms with Crippen molar-refractivity contribution in [2.24, 2.45) is 4.99 Å². The van der Waals surface area contributed by atoms with Gasteiger partial charge in [0.2, 0.25) is 5.90 Å². The van der Waals surface area contributed by atoms with Crippen molar-refractivity contribution < 1.29 is 31.9 Å². The van der Waals surface area contributed by atoms with Crippen molar-refractivity contribution >= 4 is 29.5 Å². The molecule has 9 heteroatoms. The van der Waals surface area contributed by atoms with Gasteiger partial charge in [0.25, 0.3) is 0 Å². The maximum Gasteiger partial charge on any atom is 0.471 e. The van der Waals surface area contributed by atoms with Crippen LogP contribution in [0.2, 0.25) is 0 Å². The molecule has 1 amide bonds. The third-order valence-electron chi connectivity index (χ3n) is 3.60. The topological polar surface area (TPSA) is 80.9 Å². The fraction of sp³-hybridized carbons (Fsp3) is 0.167. The van der Waals surface area contributed by atoms with Crippen molar-refractivity contribution in [1.82, 2.24) is 0 Å². The van der Waals surface area contributed by atoms with Crippen LogP contribution < -0.4 is 5.32 Å². The van der Waals surface area contributed by atoms with E-state index in [1.165, 1.54) is 24.3 Å². The molecule has 0 unspecified atom stereocenters. The molecule has 1 aromatic carbocycles. The first-order chi connectivity index (χ1) is 12.6. The maximum atomic E-state index is 12.3. The molecule has 0 radical (unpaired) electrons. The molecule has 2 heterocycles. The first kappa shape index (κ1) is 18.4. The Hall–Kier alpha value is -3.36. The summed E-state index contributed by atoms with van der Waals surface area (Å²) in [6, 6.07) is 7.24. The van der Waals surface area contributed by atoms with Gasteiger partial charge < -0.3 is 14.5 Å². The van der Waals surface area contributed by atoms with E-state index in [0.29, 0.717) is 22.6 Å². The fourth-order valence-electron chi connectivity index (χ4n) is 2.43. The highest BCUT2D eigenvalue weighted by Gasteiger charge is 2.38. The number of furan rings is 1. The Morgan fingerprint density at radius 1 is 1.22 bits per heavy atom. The van der Waals surface area contributed by atoms with Gasteiger partial charge in [-0.1, -0.05) is 12.1 Å². The summed E-state index contributed by atoms with van der Waals surface area (Å²) in [4.78, 5) is 27.2. The number of aliphatic imine (C=N–C) groups is 1. The molecule has 0 saturated heterocycles. The van der Waals surface area contributed by atoms with Gasteiger partial charge in [0.1, 0.15) is 11.5 Å². The molecule has 1 aromatic heterocycles. The zero-order valence-electron chi connectivity index (χ0n) is 14.2. The number of nitrogens with one attached hydrogen (secondary N) is 1. The van der Waals surface area contributed by atoms with Crippen molar-refractivity contribution in [1.29, 1.82) is 0 Å². The summed E-state index contributed by atoms with van der Waals surface area (Å²) in [6.07, 6.45) is -3.65. The lowest BCUT2D eigenvalue weighted by Crippen LogP contribution is -2.29. The highest BCUT2D eigenvalue weighted by Crippen LogP contribution is 2.24. The Balaban J connectivity index is 1.86. The Bertz CT molecular complexity index is 987. The quantitative estimate of drug-likeness (QED) is 0.652. The van der Waals surface area contributed by atoms with E-state index in [9.17, 15) is 22.8 Å². The van der Waals surface area contributed by atoms with Crippen LogP contribution in [0, 0.1) is 13.8 Å². The first-order valence-electron chi connectivity index (χ1n) is 7.71. The van der Waals surface area contributed by atoms with Crippen LogP contribution in [0.25, 0.3) is 6.08 Å². The van der Waals surface area contributed by atoms with Crippen molar-refractivity contribution in [2.75, 3.05) is 5.32 Å². The van der Waals surface area contributed by atoms with E-state index in [2.05, 4.69) is 4.99 Å². The number of amides is 1. The van der Waals surface area contributed by atoms with E-state index >= 15 is 0 Å². The lowest BCUT2D eigenvalue weighted by molar-refractivity contribution is -0.167. The van der Waals surface area contributed by atoms with Gasteiger partial charge in [-0.25, -0.2) is 9.79 Å². The number of anilines is 1. The second-order valence-electron chi connectivity index (χ2n) is 5.74. The second kappa shape index (κ2) is 6.75. The number of hydrogen-bond donors (Lipinski definition) is 1. The molecule has 1 aliphatic rings. The van der Waals surface area contributed by atoms with Gasteiger partial charge in [0, 0.05) is 5.69 Å². The number of carbonyl (C=O) groups excluding carboxylic acids is 2. The van der Waals surface area contributed by atoms with Crippen molar-refractivity contribution in [3.05, 3.63) is 58.7 Å². The van der Waals surface area contributed by atoms with Crippen LogP contribution in [0.1, 0.15) is 22.6 Å². The zero-order chi connectivity index (χ0) is 19.8. The van der Waals surface area contributed by atoms with Gasteiger partial charge in [-0.3, -0.25) is 4.79 Å². The van der Waals surface area contributed by atoms with Gasteiger partial charge in [-0.05, 0) is 43.7 Å². The fourth-order valence-corrected chi connectivity index (χ4v) is 2.43. The summed E-state index contributed by atoms with van der Waals surface area (Å²) in [7, 11) is 0. The molecule has 0 aliphatic carbocycles. The largest absolute Gasteiger partial charge is 0.471 e. The molecule has 0 bridgehead atoms. The lowest BCUT2D eigenvalue weighted by atomic mass is 10.1. The number of nitrogens with zero attached hydrogens (tertiary/aromatic N) is 1. The van der Waals surface area contributed by atoms with Crippen LogP contribution >= 0.6 is 0 Å². The molecular weight excluding hydrogens is 365 g/mol. The number of aryl methyl sites for hydroxylation is 2. The average molecular weight is 378 g/mol. The minimum Gasteiger partial charge on any atom is -0.466 e. The molecule has 0 spiro atoms. The van der Waals surface area contributed by atoms with Crippen LogP contribution in [0.15, 0.2) is 45.4 Å². The Labute approximate surface area is 151 Å². The van der Waals surface area contributed by atoms with Gasteiger partial charge >= 0.3 is 18.1 Å². The van der Waals surface area contributed by atoms with Crippen LogP contribution in [0.4, 0.5) is 18.9 Å². The minimum absolute atomic E-state index is 0.0254. The molecule has 140 valence electrons. The summed E-state index contributed by atoms with van der Waals surface area (Å²) in [5, 5.41) is 1.75. The van der Waals surface area contributed by atoms with Crippen molar-refractivity contribution in [3.8, 4) is 0 Å². The van der Waals surface area contributed by atoms with Gasteiger partial charge in [0.05, 0.1) is 5.56 Å². The van der Waals surface area contributed by atoms with E-state index in [-0.39, 0.29) is 17.3 Å². The third-order valence-corrected chi connectivity index (χ3v) is 3.60. The summed E-state index contributed by atoms with van der Waals surface area (Å²) >= 11 is 0. The maximum absolute atomic E-state index is 12.3. The minimum atomic E-state index is -5.00. The van der Waals surface area contributed by atoms with Crippen LogP contribution in [-0.4, -0.2) is 24.0 Å². The predicted octanol–water partition coefficient (Wildman–Crippen LogP) is 3.74. The first-order valence-corrected chi connectivity index (χ1v) is 7.71. The number of alkyl halides is 3. The highest BCUT2D eigenvalue weighted by molar-refractivity contribution is 6.13. The van der Waals surface area contributed by atoms with E-state index < -0.39 is 18.1 Å². The molecule has 0 fully saturated rings. The molecule has 3 rings (SSSR count). The number of rotatable bonds is 3. The lowest BCUT2D eigenvalue weighted by Gasteiger charge is -2.08. The zero-order valence-corrected chi connectivity index (χ0v) is 14.2. The number of ether oxygens (including phenoxy) is 1. The standard InChI is InChI=1S/C18H13F3N2O4/c1-9-6-13(10(2)26-9)15-23-14(16(24)27-15)8-11-4-3-5-12(7-11)22-17(25)18(19,20)21/h3-8H,1-2H3,(H,22,25)/b14-8+. The Kier molecular flexibility index (Phi) is 4.61. The number of halogens is 3. The van der Waals surface area contributed by atoms with Gasteiger partial charge in [0.15, 0.2) is 5.70 Å². The molecule has 0 saturated carbocycles. The third kappa shape index (κ3) is 4.08. The van der Waals surface area contributed by atoms with Crippen molar-refractivity contribution in [2.45, 2.75) is 20.0 Å². The Morgan fingerprint density at radius 2 is 1.96 bits per heavy atom. The highest BCUT2D eigenvalue weighted by atomic mass is 19.4. The summed E-state index contributed by atoms with van der Waals surface area (Å²) in [6.45, 7) is 3.44. The summed E-state index contributed by atoms with van der Waals surface area (Å²) in [5.41, 5.74) is 0.813. The van der Waals surface area contributed by atoms with E-state index in [4.69, 9.17) is 9.15 Å². The number of cyclic esters (lactones) is 1. The monoisotopic (exact) mass is 378 g/mol. The number of benzene rings is 1. The van der Waals surface area contributed by atoms with Crippen molar-refractivity contribution in [3.63, 3.8) is 0 Å². The Morgan fingerprint density at radius 3 is 2.59 bits per heavy atom. The smallest absolute Gasteiger partial charge is 0.466 e. The molecule has 1 N–H and O–H groups in total. The van der Waals surface area contributed by atoms with Gasteiger partial charge in [-0.2, -0.15) is 13.2 Å². The van der Waals surface area contributed by atoms with E-state index in [0.717, 1.165) is 0 Å². The van der Waals surface area contributed by atoms with Crippen LogP contribution in [0.5, 0.6) is 0 Å².